The Morgan fingerprint density at radius 3 is 2.28 bits per heavy atom. The van der Waals surface area contributed by atoms with Gasteiger partial charge in [0.25, 0.3) is 0 Å². The van der Waals surface area contributed by atoms with Gasteiger partial charge in [-0.05, 0) is 47.7 Å². The number of halogens is 1. The van der Waals surface area contributed by atoms with Gasteiger partial charge in [0.1, 0.15) is 18.2 Å². The van der Waals surface area contributed by atoms with Gasteiger partial charge in [-0.1, -0.05) is 60.7 Å². The third kappa shape index (κ3) is 4.91. The largest absolute Gasteiger partial charge is 0.489 e. The first-order valence-electron chi connectivity index (χ1n) is 8.40. The Kier molecular flexibility index (Phi) is 5.81. The van der Waals surface area contributed by atoms with E-state index in [0.717, 1.165) is 22.4 Å². The summed E-state index contributed by atoms with van der Waals surface area (Å²) in [5, 5.41) is 10.3. The van der Waals surface area contributed by atoms with E-state index in [1.807, 2.05) is 54.6 Å². The first-order chi connectivity index (χ1) is 12.2. The van der Waals surface area contributed by atoms with E-state index in [0.29, 0.717) is 19.4 Å². The normalized spacial score (nSPS) is 11.9. The van der Waals surface area contributed by atoms with Crippen molar-refractivity contribution in [1.82, 2.24) is 0 Å². The van der Waals surface area contributed by atoms with E-state index in [1.165, 1.54) is 12.1 Å². The number of ether oxygens (including phenoxy) is 1. The van der Waals surface area contributed by atoms with E-state index in [-0.39, 0.29) is 5.82 Å². The van der Waals surface area contributed by atoms with Gasteiger partial charge in [-0.2, -0.15) is 0 Å². The van der Waals surface area contributed by atoms with E-state index in [9.17, 15) is 9.50 Å². The van der Waals surface area contributed by atoms with Crippen LogP contribution in [-0.4, -0.2) is 5.11 Å². The molecule has 1 unspecified atom stereocenters. The highest BCUT2D eigenvalue weighted by Gasteiger charge is 2.10. The fraction of sp³-hybridized carbons (Fsp3) is 0.182. The number of rotatable bonds is 7. The Morgan fingerprint density at radius 1 is 0.840 bits per heavy atom. The zero-order chi connectivity index (χ0) is 17.5. The van der Waals surface area contributed by atoms with Crippen molar-refractivity contribution in [3.63, 3.8) is 0 Å². The molecular weight excluding hydrogens is 315 g/mol. The third-order valence-corrected chi connectivity index (χ3v) is 4.15. The first-order valence-corrected chi connectivity index (χ1v) is 8.40. The van der Waals surface area contributed by atoms with Crippen LogP contribution in [0.3, 0.4) is 0 Å². The maximum Gasteiger partial charge on any atom is 0.123 e. The quantitative estimate of drug-likeness (QED) is 0.652. The minimum absolute atomic E-state index is 0.296. The van der Waals surface area contributed by atoms with Crippen LogP contribution in [0.4, 0.5) is 4.39 Å². The standard InChI is InChI=1S/C22H21FO2/c23-20-13-10-18(11-14-20)21(24)15-12-19-8-4-5-9-22(19)25-16-17-6-2-1-3-7-17/h1-11,13-14,21,24H,12,15-16H2. The van der Waals surface area contributed by atoms with Crippen molar-refractivity contribution in [2.45, 2.75) is 25.6 Å². The number of hydrogen-bond acceptors (Lipinski definition) is 2. The van der Waals surface area contributed by atoms with E-state index >= 15 is 0 Å². The highest BCUT2D eigenvalue weighted by atomic mass is 19.1. The Labute approximate surface area is 147 Å². The van der Waals surface area contributed by atoms with Gasteiger partial charge in [-0.15, -0.1) is 0 Å². The van der Waals surface area contributed by atoms with Crippen LogP contribution in [0.2, 0.25) is 0 Å². The fourth-order valence-corrected chi connectivity index (χ4v) is 2.73. The minimum atomic E-state index is -0.622. The Balaban J connectivity index is 1.61. The van der Waals surface area contributed by atoms with Crippen LogP contribution >= 0.6 is 0 Å². The first kappa shape index (κ1) is 17.2. The number of aliphatic hydroxyl groups excluding tert-OH is 1. The molecule has 0 fully saturated rings. The summed E-state index contributed by atoms with van der Waals surface area (Å²) < 4.78 is 18.9. The second-order valence-corrected chi connectivity index (χ2v) is 5.99. The molecule has 0 aliphatic carbocycles. The van der Waals surface area contributed by atoms with Gasteiger partial charge in [0.05, 0.1) is 6.10 Å². The maximum atomic E-state index is 13.0. The molecular formula is C22H21FO2. The van der Waals surface area contributed by atoms with Crippen LogP contribution in [0, 0.1) is 5.82 Å². The summed E-state index contributed by atoms with van der Waals surface area (Å²) in [7, 11) is 0. The van der Waals surface area contributed by atoms with Crippen LogP contribution < -0.4 is 4.74 Å². The molecule has 0 spiro atoms. The van der Waals surface area contributed by atoms with Crippen molar-refractivity contribution >= 4 is 0 Å². The zero-order valence-corrected chi connectivity index (χ0v) is 13.9. The summed E-state index contributed by atoms with van der Waals surface area (Å²) in [6.45, 7) is 0.512. The molecule has 0 aliphatic heterocycles. The molecule has 3 aromatic carbocycles. The van der Waals surface area contributed by atoms with Gasteiger partial charge >= 0.3 is 0 Å². The smallest absolute Gasteiger partial charge is 0.123 e. The summed E-state index contributed by atoms with van der Waals surface area (Å²) in [5.41, 5.74) is 2.90. The molecule has 0 radical (unpaired) electrons. The summed E-state index contributed by atoms with van der Waals surface area (Å²) in [6.07, 6.45) is 0.615. The molecule has 2 nitrogen and oxygen atoms in total. The van der Waals surface area contributed by atoms with Crippen LogP contribution in [-0.2, 0) is 13.0 Å². The zero-order valence-electron chi connectivity index (χ0n) is 13.9. The molecule has 0 amide bonds. The van der Waals surface area contributed by atoms with Gasteiger partial charge in [0.2, 0.25) is 0 Å². The van der Waals surface area contributed by atoms with Crippen LogP contribution in [0.5, 0.6) is 5.75 Å². The summed E-state index contributed by atoms with van der Waals surface area (Å²) in [6, 6.07) is 23.9. The van der Waals surface area contributed by atoms with Crippen molar-refractivity contribution in [1.29, 1.82) is 0 Å². The monoisotopic (exact) mass is 336 g/mol. The number of aryl methyl sites for hydroxylation is 1. The number of aliphatic hydroxyl groups is 1. The molecule has 25 heavy (non-hydrogen) atoms. The van der Waals surface area contributed by atoms with Crippen molar-refractivity contribution < 1.29 is 14.2 Å². The van der Waals surface area contributed by atoms with E-state index in [1.54, 1.807) is 12.1 Å². The summed E-state index contributed by atoms with van der Waals surface area (Å²) in [4.78, 5) is 0. The fourth-order valence-electron chi connectivity index (χ4n) is 2.73. The topological polar surface area (TPSA) is 29.5 Å². The van der Waals surface area contributed by atoms with Crippen molar-refractivity contribution in [2.75, 3.05) is 0 Å². The Morgan fingerprint density at radius 2 is 1.52 bits per heavy atom. The molecule has 0 bridgehead atoms. The van der Waals surface area contributed by atoms with Crippen LogP contribution in [0.1, 0.15) is 29.2 Å². The highest BCUT2D eigenvalue weighted by Crippen LogP contribution is 2.25. The third-order valence-electron chi connectivity index (χ3n) is 4.15. The molecule has 3 aromatic rings. The molecule has 3 rings (SSSR count). The Hall–Kier alpha value is -2.65. The molecule has 1 atom stereocenters. The number of benzene rings is 3. The van der Waals surface area contributed by atoms with Crippen molar-refractivity contribution in [3.8, 4) is 5.75 Å². The average Bonchev–Trinajstić information content (AvgIpc) is 2.66. The maximum absolute atomic E-state index is 13.0. The van der Waals surface area contributed by atoms with Gasteiger partial charge in [0, 0.05) is 0 Å². The van der Waals surface area contributed by atoms with Gasteiger partial charge in [0.15, 0.2) is 0 Å². The number of hydrogen-bond donors (Lipinski definition) is 1. The molecule has 0 aromatic heterocycles. The molecule has 3 heteroatoms. The lowest BCUT2D eigenvalue weighted by atomic mass is 10.0. The summed E-state index contributed by atoms with van der Waals surface area (Å²) >= 11 is 0. The lowest BCUT2D eigenvalue weighted by Gasteiger charge is -2.14. The molecule has 1 N–H and O–H groups in total. The minimum Gasteiger partial charge on any atom is -0.489 e. The predicted molar refractivity (Wildman–Crippen MR) is 96.9 cm³/mol. The number of para-hydroxylation sites is 1. The molecule has 0 saturated carbocycles. The van der Waals surface area contributed by atoms with Crippen LogP contribution in [0.25, 0.3) is 0 Å². The molecule has 0 heterocycles. The predicted octanol–water partition coefficient (Wildman–Crippen LogP) is 5.07. The van der Waals surface area contributed by atoms with Crippen molar-refractivity contribution in [2.24, 2.45) is 0 Å². The second kappa shape index (κ2) is 8.45. The molecule has 128 valence electrons. The van der Waals surface area contributed by atoms with E-state index < -0.39 is 6.10 Å². The average molecular weight is 336 g/mol. The van der Waals surface area contributed by atoms with Crippen LogP contribution in [0.15, 0.2) is 78.9 Å². The van der Waals surface area contributed by atoms with Crippen molar-refractivity contribution in [3.05, 3.63) is 101 Å². The lowest BCUT2D eigenvalue weighted by molar-refractivity contribution is 0.167. The SMILES string of the molecule is OC(CCc1ccccc1OCc1ccccc1)c1ccc(F)cc1. The van der Waals surface area contributed by atoms with E-state index in [4.69, 9.17) is 4.74 Å². The summed E-state index contributed by atoms with van der Waals surface area (Å²) in [5.74, 6) is 0.535. The van der Waals surface area contributed by atoms with E-state index in [2.05, 4.69) is 0 Å². The van der Waals surface area contributed by atoms with Gasteiger partial charge in [-0.25, -0.2) is 4.39 Å². The van der Waals surface area contributed by atoms with Gasteiger partial charge in [-0.3, -0.25) is 0 Å². The van der Waals surface area contributed by atoms with Gasteiger partial charge < -0.3 is 9.84 Å². The molecule has 0 aliphatic rings. The molecule has 0 saturated heterocycles. The Bertz CT molecular complexity index is 785. The highest BCUT2D eigenvalue weighted by molar-refractivity contribution is 5.34. The lowest BCUT2D eigenvalue weighted by Crippen LogP contribution is -2.02. The second-order valence-electron chi connectivity index (χ2n) is 5.99.